The van der Waals surface area contributed by atoms with Crippen LogP contribution in [0.15, 0.2) is 6.20 Å². The molecular formula is C7H10N4O2. The molecule has 6 nitrogen and oxygen atoms in total. The van der Waals surface area contributed by atoms with Crippen molar-refractivity contribution >= 4 is 11.7 Å². The van der Waals surface area contributed by atoms with Crippen molar-refractivity contribution in [2.75, 3.05) is 19.5 Å². The van der Waals surface area contributed by atoms with E-state index >= 15 is 0 Å². The summed E-state index contributed by atoms with van der Waals surface area (Å²) in [4.78, 5) is 18.4. The largest absolute Gasteiger partial charge is 0.478 e. The van der Waals surface area contributed by atoms with Gasteiger partial charge in [0, 0.05) is 7.05 Å². The molecular weight excluding hydrogens is 172 g/mol. The summed E-state index contributed by atoms with van der Waals surface area (Å²) < 4.78 is 4.88. The zero-order valence-electron chi connectivity index (χ0n) is 7.37. The summed E-state index contributed by atoms with van der Waals surface area (Å²) in [5.74, 6) is 0.0831. The highest BCUT2D eigenvalue weighted by atomic mass is 16.5. The monoisotopic (exact) mass is 182 g/mol. The summed E-state index contributed by atoms with van der Waals surface area (Å²) in [5.41, 5.74) is 5.09. The lowest BCUT2D eigenvalue weighted by molar-refractivity contribution is 0.0994. The van der Waals surface area contributed by atoms with Crippen molar-refractivity contribution < 1.29 is 9.53 Å². The Bertz CT molecular complexity index is 326. The first-order valence-electron chi connectivity index (χ1n) is 3.57. The molecule has 0 spiro atoms. The second kappa shape index (κ2) is 3.70. The Morgan fingerprint density at radius 2 is 2.38 bits per heavy atom. The molecule has 0 aliphatic heterocycles. The van der Waals surface area contributed by atoms with Crippen molar-refractivity contribution in [1.82, 2.24) is 9.97 Å². The van der Waals surface area contributed by atoms with Crippen LogP contribution in [0.2, 0.25) is 0 Å². The average Bonchev–Trinajstić information content (AvgIpc) is 2.16. The molecule has 1 rings (SSSR count). The molecule has 0 aliphatic rings. The van der Waals surface area contributed by atoms with Crippen LogP contribution in [0.4, 0.5) is 5.82 Å². The van der Waals surface area contributed by atoms with Gasteiger partial charge in [-0.2, -0.15) is 0 Å². The minimum absolute atomic E-state index is 0.0795. The number of anilines is 1. The fourth-order valence-corrected chi connectivity index (χ4v) is 0.805. The van der Waals surface area contributed by atoms with Crippen LogP contribution in [0, 0.1) is 0 Å². The maximum absolute atomic E-state index is 10.7. The van der Waals surface area contributed by atoms with Crippen LogP contribution in [0.3, 0.4) is 0 Å². The van der Waals surface area contributed by atoms with E-state index in [1.54, 1.807) is 7.05 Å². The van der Waals surface area contributed by atoms with Gasteiger partial charge >= 0.3 is 0 Å². The van der Waals surface area contributed by atoms with E-state index in [0.29, 0.717) is 5.82 Å². The van der Waals surface area contributed by atoms with Gasteiger partial charge in [-0.1, -0.05) is 0 Å². The Hall–Kier alpha value is -1.85. The molecule has 1 aromatic rings. The van der Waals surface area contributed by atoms with E-state index in [4.69, 9.17) is 10.5 Å². The smallest absolute Gasteiger partial charge is 0.269 e. The van der Waals surface area contributed by atoms with E-state index in [1.165, 1.54) is 13.3 Å². The van der Waals surface area contributed by atoms with Crippen molar-refractivity contribution in [3.63, 3.8) is 0 Å². The number of hydrogen-bond acceptors (Lipinski definition) is 5. The van der Waals surface area contributed by atoms with Crippen molar-refractivity contribution in [3.8, 4) is 5.88 Å². The summed E-state index contributed by atoms with van der Waals surface area (Å²) in [6.45, 7) is 0. The third kappa shape index (κ3) is 1.84. The number of rotatable bonds is 3. The van der Waals surface area contributed by atoms with E-state index < -0.39 is 5.91 Å². The second-order valence-corrected chi connectivity index (χ2v) is 2.23. The summed E-state index contributed by atoms with van der Waals surface area (Å²) in [5, 5.41) is 2.76. The number of nitrogens with zero attached hydrogens (tertiary/aromatic N) is 2. The molecule has 0 aliphatic carbocycles. The van der Waals surface area contributed by atoms with Crippen LogP contribution in [-0.4, -0.2) is 30.0 Å². The lowest BCUT2D eigenvalue weighted by Gasteiger charge is -2.05. The van der Waals surface area contributed by atoms with Crippen LogP contribution in [0.1, 0.15) is 10.5 Å². The topological polar surface area (TPSA) is 90.1 Å². The minimum Gasteiger partial charge on any atom is -0.478 e. The number of primary amides is 1. The Morgan fingerprint density at radius 3 is 2.85 bits per heavy atom. The first-order valence-corrected chi connectivity index (χ1v) is 3.57. The van der Waals surface area contributed by atoms with Gasteiger partial charge in [-0.3, -0.25) is 4.79 Å². The number of carbonyl (C=O) groups excluding carboxylic acids is 1. The molecule has 0 fully saturated rings. The van der Waals surface area contributed by atoms with Gasteiger partial charge in [0.15, 0.2) is 5.82 Å². The molecule has 6 heteroatoms. The number of hydrogen-bond donors (Lipinski definition) is 2. The Kier molecular flexibility index (Phi) is 2.63. The van der Waals surface area contributed by atoms with E-state index in [-0.39, 0.29) is 11.6 Å². The standard InChI is InChI=1S/C7H10N4O2/c1-9-6-7(13-2)11-4(3-10-6)5(8)12/h3H,1-2H3,(H2,8,12)(H,9,10). The second-order valence-electron chi connectivity index (χ2n) is 2.23. The first-order chi connectivity index (χ1) is 6.19. The SMILES string of the molecule is CNc1ncc(C(N)=O)nc1OC. The van der Waals surface area contributed by atoms with E-state index in [9.17, 15) is 4.79 Å². The van der Waals surface area contributed by atoms with Crippen molar-refractivity contribution in [1.29, 1.82) is 0 Å². The normalized spacial score (nSPS) is 9.38. The summed E-state index contributed by atoms with van der Waals surface area (Å²) in [6.07, 6.45) is 1.29. The molecule has 0 unspecified atom stereocenters. The van der Waals surface area contributed by atoms with Gasteiger partial charge in [-0.15, -0.1) is 0 Å². The van der Waals surface area contributed by atoms with Gasteiger partial charge in [-0.25, -0.2) is 9.97 Å². The predicted octanol–water partition coefficient (Wildman–Crippen LogP) is -0.374. The molecule has 1 aromatic heterocycles. The van der Waals surface area contributed by atoms with Crippen LogP contribution in [0.25, 0.3) is 0 Å². The van der Waals surface area contributed by atoms with Gasteiger partial charge in [0.05, 0.1) is 13.3 Å². The third-order valence-electron chi connectivity index (χ3n) is 1.42. The maximum Gasteiger partial charge on any atom is 0.269 e. The number of nitrogens with two attached hydrogens (primary N) is 1. The molecule has 0 saturated heterocycles. The van der Waals surface area contributed by atoms with Gasteiger partial charge in [0.25, 0.3) is 11.8 Å². The minimum atomic E-state index is -0.631. The Morgan fingerprint density at radius 1 is 1.69 bits per heavy atom. The van der Waals surface area contributed by atoms with E-state index in [2.05, 4.69) is 15.3 Å². The highest BCUT2D eigenvalue weighted by molar-refractivity contribution is 5.90. The highest BCUT2D eigenvalue weighted by Crippen LogP contribution is 2.16. The number of ether oxygens (including phenoxy) is 1. The van der Waals surface area contributed by atoms with Crippen LogP contribution in [0.5, 0.6) is 5.88 Å². The Balaban J connectivity index is 3.13. The van der Waals surface area contributed by atoms with Crippen molar-refractivity contribution in [3.05, 3.63) is 11.9 Å². The number of carbonyl (C=O) groups is 1. The molecule has 70 valence electrons. The number of aromatic nitrogens is 2. The molecule has 1 amide bonds. The molecule has 0 saturated carbocycles. The predicted molar refractivity (Wildman–Crippen MR) is 46.6 cm³/mol. The van der Waals surface area contributed by atoms with Crippen LogP contribution >= 0.6 is 0 Å². The van der Waals surface area contributed by atoms with Gasteiger partial charge in [-0.05, 0) is 0 Å². The average molecular weight is 182 g/mol. The zero-order valence-corrected chi connectivity index (χ0v) is 7.37. The lowest BCUT2D eigenvalue weighted by Crippen LogP contribution is -2.14. The maximum atomic E-state index is 10.7. The lowest BCUT2D eigenvalue weighted by atomic mass is 10.4. The van der Waals surface area contributed by atoms with Crippen LogP contribution < -0.4 is 15.8 Å². The molecule has 0 radical (unpaired) electrons. The fraction of sp³-hybridized carbons (Fsp3) is 0.286. The van der Waals surface area contributed by atoms with E-state index in [1.807, 2.05) is 0 Å². The number of amides is 1. The molecule has 0 bridgehead atoms. The van der Waals surface area contributed by atoms with Gasteiger partial charge in [0.1, 0.15) is 5.69 Å². The van der Waals surface area contributed by atoms with Crippen molar-refractivity contribution in [2.45, 2.75) is 0 Å². The number of nitrogens with one attached hydrogen (secondary N) is 1. The zero-order chi connectivity index (χ0) is 9.84. The summed E-state index contributed by atoms with van der Waals surface area (Å²) in [7, 11) is 3.12. The van der Waals surface area contributed by atoms with E-state index in [0.717, 1.165) is 0 Å². The van der Waals surface area contributed by atoms with Gasteiger partial charge in [0.2, 0.25) is 0 Å². The Labute approximate surface area is 75.1 Å². The number of methoxy groups -OCH3 is 1. The molecule has 0 aromatic carbocycles. The van der Waals surface area contributed by atoms with Crippen molar-refractivity contribution in [2.24, 2.45) is 5.73 Å². The molecule has 1 heterocycles. The summed E-state index contributed by atoms with van der Waals surface area (Å²) in [6, 6.07) is 0. The molecule has 13 heavy (non-hydrogen) atoms. The molecule has 0 atom stereocenters. The fourth-order valence-electron chi connectivity index (χ4n) is 0.805. The highest BCUT2D eigenvalue weighted by Gasteiger charge is 2.09. The first kappa shape index (κ1) is 9.24. The summed E-state index contributed by atoms with van der Waals surface area (Å²) >= 11 is 0. The quantitative estimate of drug-likeness (QED) is 0.665. The third-order valence-corrected chi connectivity index (χ3v) is 1.42. The van der Waals surface area contributed by atoms with Crippen LogP contribution in [-0.2, 0) is 0 Å². The molecule has 3 N–H and O–H groups in total. The van der Waals surface area contributed by atoms with Gasteiger partial charge < -0.3 is 15.8 Å².